The number of aliphatic carboxylic acids is 1. The first-order valence-corrected chi connectivity index (χ1v) is 25.5. The van der Waals surface area contributed by atoms with Crippen molar-refractivity contribution < 1.29 is 56.9 Å². The quantitative estimate of drug-likeness (QED) is 0.0565. The molecule has 0 bridgehead atoms. The Kier molecular flexibility index (Phi) is 20.3. The van der Waals surface area contributed by atoms with E-state index in [9.17, 15) is 28.8 Å². The highest BCUT2D eigenvalue weighted by Gasteiger charge is 2.32. The zero-order valence-electron chi connectivity index (χ0n) is 43.7. The van der Waals surface area contributed by atoms with Crippen LogP contribution in [0, 0.1) is 11.8 Å². The maximum absolute atomic E-state index is 13.3. The Bertz CT molecular complexity index is 3050. The SMILES string of the molecule is CN(C)C1CCC(C(=O)Nc2c(C(=O)Nc3ccc(Cl)cn3)oc3cc(OCC(=O)O)ccc23)CC1.CN(C)C1CCC(C(=O)Nc2c(C(=O)Nc3ccc(Cl)cn3)oc3cc(OCC(=O)OC(C)(C)C)ccc23)CC1.Cl. The number of hydrogen-bond acceptors (Lipinski definition) is 15. The number of carbonyl (C=O) groups excluding carboxylic acids is 5. The molecule has 23 heteroatoms. The van der Waals surface area contributed by atoms with E-state index in [-0.39, 0.29) is 88.5 Å². The summed E-state index contributed by atoms with van der Waals surface area (Å²) in [5.74, 6) is -2.59. The molecular formula is C54H63Cl3N8O12. The molecule has 6 aromatic rings. The van der Waals surface area contributed by atoms with Gasteiger partial charge in [-0.3, -0.25) is 19.2 Å². The molecule has 8 rings (SSSR count). The van der Waals surface area contributed by atoms with Gasteiger partial charge in [0.25, 0.3) is 11.8 Å². The van der Waals surface area contributed by atoms with Gasteiger partial charge in [0, 0.05) is 59.2 Å². The Hall–Kier alpha value is -6.97. The molecule has 2 aliphatic rings. The summed E-state index contributed by atoms with van der Waals surface area (Å²) in [6.45, 7) is 4.50. The van der Waals surface area contributed by atoms with Gasteiger partial charge in [0.15, 0.2) is 13.2 Å². The lowest BCUT2D eigenvalue weighted by atomic mass is 9.85. The standard InChI is InChI=1S/C29H35ClN4O6.C25H27ClN4O6.ClH/c1-29(2,3)40-24(35)16-38-20-11-12-21-22(14-20)39-26(28(37)32-23-13-8-18(30)15-31-23)25(21)33-27(36)17-6-9-19(10-7-17)34(4)5;1-30(2)16-6-3-14(4-7-16)24(33)29-22-18-9-8-17(35-13-21(31)32)11-19(18)36-23(22)25(34)28-20-10-5-15(26)12-27-20;/h8,11-15,17,19H,6-7,9-10,16H2,1-5H3,(H,33,36)(H,31,32,37);5,8-12,14,16H,3-4,6-7,13H2,1-2H3,(H,29,33)(H,31,32)(H,27,28,34);1H. The third-order valence-corrected chi connectivity index (χ3v) is 13.4. The van der Waals surface area contributed by atoms with Crippen LogP contribution in [-0.2, 0) is 23.9 Å². The van der Waals surface area contributed by atoms with Crippen molar-refractivity contribution in [1.82, 2.24) is 19.8 Å². The Morgan fingerprint density at radius 1 is 0.610 bits per heavy atom. The number of carboxylic acid groups (broad SMARTS) is 1. The summed E-state index contributed by atoms with van der Waals surface area (Å²) >= 11 is 11.8. The molecule has 2 aromatic carbocycles. The Morgan fingerprint density at radius 2 is 1.01 bits per heavy atom. The van der Waals surface area contributed by atoms with Crippen molar-refractivity contribution in [3.8, 4) is 11.5 Å². The van der Waals surface area contributed by atoms with Crippen molar-refractivity contribution in [2.75, 3.05) is 62.7 Å². The van der Waals surface area contributed by atoms with Crippen LogP contribution in [0.1, 0.15) is 93.2 Å². The predicted octanol–water partition coefficient (Wildman–Crippen LogP) is 10.2. The number of nitrogens with zero attached hydrogens (tertiary/aromatic N) is 4. The summed E-state index contributed by atoms with van der Waals surface area (Å²) in [7, 11) is 8.18. The fraction of sp³-hybridized carbons (Fsp3) is 0.407. The largest absolute Gasteiger partial charge is 0.482 e. The summed E-state index contributed by atoms with van der Waals surface area (Å²) in [5, 5.41) is 21.9. The number of fused-ring (bicyclic) bond motifs is 2. The number of carboxylic acids is 1. The number of ether oxygens (including phenoxy) is 3. The van der Waals surface area contributed by atoms with Crippen LogP contribution in [0.3, 0.4) is 0 Å². The van der Waals surface area contributed by atoms with Crippen LogP contribution in [0.25, 0.3) is 21.9 Å². The normalized spacial score (nSPS) is 17.3. The lowest BCUT2D eigenvalue weighted by Gasteiger charge is -2.31. The van der Waals surface area contributed by atoms with Crippen LogP contribution in [-0.4, -0.2) is 120 Å². The molecule has 4 heterocycles. The minimum atomic E-state index is -1.12. The lowest BCUT2D eigenvalue weighted by molar-refractivity contribution is -0.157. The number of carbonyl (C=O) groups is 6. The lowest BCUT2D eigenvalue weighted by Crippen LogP contribution is -2.35. The van der Waals surface area contributed by atoms with Gasteiger partial charge in [-0.15, -0.1) is 12.4 Å². The van der Waals surface area contributed by atoms with Crippen molar-refractivity contribution in [1.29, 1.82) is 0 Å². The van der Waals surface area contributed by atoms with E-state index in [0.717, 1.165) is 51.4 Å². The van der Waals surface area contributed by atoms with Crippen LogP contribution in [0.4, 0.5) is 23.0 Å². The number of amides is 4. The van der Waals surface area contributed by atoms with Crippen LogP contribution < -0.4 is 30.7 Å². The zero-order chi connectivity index (χ0) is 54.8. The summed E-state index contributed by atoms with van der Waals surface area (Å²) in [4.78, 5) is 88.3. The molecule has 412 valence electrons. The molecule has 4 amide bonds. The van der Waals surface area contributed by atoms with Gasteiger partial charge in [0.05, 0.1) is 10.0 Å². The highest BCUT2D eigenvalue weighted by molar-refractivity contribution is 6.30. The minimum Gasteiger partial charge on any atom is -0.482 e. The van der Waals surface area contributed by atoms with Gasteiger partial charge in [0.1, 0.15) is 51.3 Å². The van der Waals surface area contributed by atoms with Gasteiger partial charge in [-0.05, 0) is 149 Å². The van der Waals surface area contributed by atoms with Crippen molar-refractivity contribution in [3.05, 3.63) is 94.6 Å². The topological polar surface area (TPSA) is 257 Å². The molecule has 5 N–H and O–H groups in total. The van der Waals surface area contributed by atoms with Crippen LogP contribution in [0.15, 0.2) is 81.9 Å². The molecule has 0 saturated heterocycles. The van der Waals surface area contributed by atoms with Crippen LogP contribution in [0.2, 0.25) is 10.0 Å². The first-order valence-electron chi connectivity index (χ1n) is 24.7. The van der Waals surface area contributed by atoms with Gasteiger partial charge < -0.3 is 59.2 Å². The molecule has 0 aliphatic heterocycles. The average molecular weight is 1120 g/mol. The third kappa shape index (κ3) is 16.3. The van der Waals surface area contributed by atoms with Gasteiger partial charge in [0.2, 0.25) is 23.3 Å². The van der Waals surface area contributed by atoms with E-state index in [2.05, 4.69) is 55.1 Å². The van der Waals surface area contributed by atoms with E-state index < -0.39 is 36.0 Å². The predicted molar refractivity (Wildman–Crippen MR) is 295 cm³/mol. The van der Waals surface area contributed by atoms with Gasteiger partial charge in [-0.2, -0.15) is 0 Å². The van der Waals surface area contributed by atoms with Crippen LogP contribution >= 0.6 is 35.6 Å². The third-order valence-electron chi connectivity index (χ3n) is 12.9. The first kappa shape index (κ1) is 59.3. The number of benzene rings is 2. The van der Waals surface area contributed by atoms with Crippen LogP contribution in [0.5, 0.6) is 11.5 Å². The van der Waals surface area contributed by atoms with Gasteiger partial charge >= 0.3 is 11.9 Å². The number of nitrogens with one attached hydrogen (secondary N) is 4. The summed E-state index contributed by atoms with van der Waals surface area (Å²) in [5.41, 5.74) is 0.438. The molecule has 77 heavy (non-hydrogen) atoms. The number of halogens is 3. The number of hydrogen-bond donors (Lipinski definition) is 5. The molecule has 2 fully saturated rings. The van der Waals surface area contributed by atoms with E-state index in [1.165, 1.54) is 18.5 Å². The molecule has 2 saturated carbocycles. The smallest absolute Gasteiger partial charge is 0.344 e. The van der Waals surface area contributed by atoms with Crippen molar-refractivity contribution >= 4 is 116 Å². The molecule has 0 radical (unpaired) electrons. The number of rotatable bonds is 16. The molecule has 0 unspecified atom stereocenters. The highest BCUT2D eigenvalue weighted by Crippen LogP contribution is 2.38. The van der Waals surface area contributed by atoms with E-state index in [4.69, 9.17) is 51.4 Å². The van der Waals surface area contributed by atoms with E-state index in [1.807, 2.05) is 14.1 Å². The van der Waals surface area contributed by atoms with Crippen molar-refractivity contribution in [2.45, 2.75) is 89.8 Å². The second kappa shape index (κ2) is 26.4. The Morgan fingerprint density at radius 3 is 1.36 bits per heavy atom. The highest BCUT2D eigenvalue weighted by atomic mass is 35.5. The summed E-state index contributed by atoms with van der Waals surface area (Å²) in [6.07, 6.45) is 9.48. The number of esters is 1. The summed E-state index contributed by atoms with van der Waals surface area (Å²) in [6, 6.07) is 16.7. The molecule has 0 atom stereocenters. The van der Waals surface area contributed by atoms with Crippen molar-refractivity contribution in [3.63, 3.8) is 0 Å². The van der Waals surface area contributed by atoms with E-state index in [1.54, 1.807) is 75.4 Å². The Labute approximate surface area is 461 Å². The number of pyridine rings is 2. The second-order valence-corrected chi connectivity index (χ2v) is 20.9. The number of furan rings is 2. The second-order valence-electron chi connectivity index (χ2n) is 20.0. The van der Waals surface area contributed by atoms with E-state index >= 15 is 0 Å². The number of anilines is 4. The fourth-order valence-electron chi connectivity index (χ4n) is 8.96. The monoisotopic (exact) mass is 1120 g/mol. The molecule has 0 spiro atoms. The number of aromatic nitrogens is 2. The zero-order valence-corrected chi connectivity index (χ0v) is 46.0. The molecule has 4 aromatic heterocycles. The molecule has 2 aliphatic carbocycles. The van der Waals surface area contributed by atoms with Crippen molar-refractivity contribution in [2.24, 2.45) is 11.8 Å². The molecular weight excluding hydrogens is 1060 g/mol. The van der Waals surface area contributed by atoms with Gasteiger partial charge in [-0.25, -0.2) is 19.6 Å². The van der Waals surface area contributed by atoms with E-state index in [0.29, 0.717) is 44.2 Å². The Balaban J connectivity index is 0.000000248. The fourth-order valence-corrected chi connectivity index (χ4v) is 9.19. The maximum atomic E-state index is 13.3. The average Bonchev–Trinajstić information content (AvgIpc) is 3.94. The first-order chi connectivity index (χ1) is 36.1. The minimum absolute atomic E-state index is 0. The summed E-state index contributed by atoms with van der Waals surface area (Å²) < 4.78 is 27.9. The van der Waals surface area contributed by atoms with Gasteiger partial charge in [-0.1, -0.05) is 23.2 Å². The maximum Gasteiger partial charge on any atom is 0.344 e. The molecule has 20 nitrogen and oxygen atoms in total.